The van der Waals surface area contributed by atoms with Crippen molar-refractivity contribution in [3.63, 3.8) is 0 Å². The van der Waals surface area contributed by atoms with Crippen molar-refractivity contribution in [3.05, 3.63) is 35.4 Å². The average molecular weight is 352 g/mol. The van der Waals surface area contributed by atoms with Crippen LogP contribution in [0.15, 0.2) is 24.3 Å². The fraction of sp³-hybridized carbons (Fsp3) is 0.588. The molecule has 114 valence electrons. The topological polar surface area (TPSA) is 38.3 Å². The Hall–Kier alpha value is -0.870. The summed E-state index contributed by atoms with van der Waals surface area (Å²) in [6.45, 7) is 0.579. The zero-order chi connectivity index (χ0) is 14.8. The highest BCUT2D eigenvalue weighted by Gasteiger charge is 2.57. The number of hydrogen-bond donors (Lipinski definition) is 1. The third-order valence-corrected chi connectivity index (χ3v) is 5.26. The number of nitrogens with one attached hydrogen (secondary N) is 1. The molecule has 21 heavy (non-hydrogen) atoms. The minimum Gasteiger partial charge on any atom is -0.383 e. The Morgan fingerprint density at radius 2 is 2.29 bits per heavy atom. The van der Waals surface area contributed by atoms with Crippen LogP contribution >= 0.6 is 15.9 Å². The van der Waals surface area contributed by atoms with Gasteiger partial charge in [0.1, 0.15) is 0 Å². The molecule has 1 saturated carbocycles. The van der Waals surface area contributed by atoms with E-state index in [1.807, 2.05) is 0 Å². The van der Waals surface area contributed by atoms with E-state index in [-0.39, 0.29) is 17.9 Å². The minimum absolute atomic E-state index is 0.111. The highest BCUT2D eigenvalue weighted by Crippen LogP contribution is 2.59. The molecule has 3 rings (SSSR count). The highest BCUT2D eigenvalue weighted by molar-refractivity contribution is 9.09. The van der Waals surface area contributed by atoms with Gasteiger partial charge < -0.3 is 10.1 Å². The molecule has 1 aromatic rings. The molecule has 1 fully saturated rings. The van der Waals surface area contributed by atoms with Gasteiger partial charge in [0.2, 0.25) is 5.91 Å². The van der Waals surface area contributed by atoms with E-state index in [9.17, 15) is 4.79 Å². The van der Waals surface area contributed by atoms with Crippen molar-refractivity contribution in [2.75, 3.05) is 19.0 Å². The summed E-state index contributed by atoms with van der Waals surface area (Å²) in [6.07, 6.45) is 3.16. The molecule has 0 heterocycles. The fourth-order valence-corrected chi connectivity index (χ4v) is 4.30. The number of halogens is 1. The maximum absolute atomic E-state index is 12.6. The van der Waals surface area contributed by atoms with Crippen molar-refractivity contribution in [1.29, 1.82) is 0 Å². The Kier molecular flexibility index (Phi) is 4.65. The van der Waals surface area contributed by atoms with Gasteiger partial charge in [-0.25, -0.2) is 0 Å². The summed E-state index contributed by atoms with van der Waals surface area (Å²) in [5.74, 6) is 1.38. The minimum atomic E-state index is 0.111. The number of fused-ring (bicyclic) bond motifs is 3. The monoisotopic (exact) mass is 351 g/mol. The lowest BCUT2D eigenvalue weighted by molar-refractivity contribution is -0.123. The van der Waals surface area contributed by atoms with E-state index in [2.05, 4.69) is 45.5 Å². The molecular formula is C17H22BrNO2. The second kappa shape index (κ2) is 6.49. The molecule has 0 radical (unpaired) electrons. The van der Waals surface area contributed by atoms with Gasteiger partial charge in [-0.05, 0) is 42.2 Å². The first-order chi connectivity index (χ1) is 10.3. The number of amides is 1. The quantitative estimate of drug-likeness (QED) is 0.800. The van der Waals surface area contributed by atoms with Gasteiger partial charge in [-0.1, -0.05) is 40.2 Å². The predicted octanol–water partition coefficient (Wildman–Crippen LogP) is 2.88. The first-order valence-corrected chi connectivity index (χ1v) is 8.81. The van der Waals surface area contributed by atoms with Crippen LogP contribution in [0.4, 0.5) is 0 Å². The summed E-state index contributed by atoms with van der Waals surface area (Å²) in [6, 6.07) is 8.70. The van der Waals surface area contributed by atoms with Crippen LogP contribution in [0.1, 0.15) is 29.9 Å². The Labute approximate surface area is 134 Å². The summed E-state index contributed by atoms with van der Waals surface area (Å²) < 4.78 is 5.20. The first kappa shape index (κ1) is 15.0. The Morgan fingerprint density at radius 1 is 1.48 bits per heavy atom. The number of methoxy groups -OCH3 is 1. The van der Waals surface area contributed by atoms with Crippen LogP contribution in [-0.4, -0.2) is 31.0 Å². The molecule has 0 bridgehead atoms. The average Bonchev–Trinajstić information content (AvgIpc) is 3.23. The summed E-state index contributed by atoms with van der Waals surface area (Å²) in [5, 5.41) is 4.05. The maximum atomic E-state index is 12.6. The standard InChI is InChI=1S/C17H22BrNO2/c1-21-10-12(8-9-18)19-17(20)16-14-7-6-11-4-2-3-5-13(11)15(14)16/h2-5,12,14-16H,6-10H2,1H3,(H,19,20). The van der Waals surface area contributed by atoms with E-state index in [1.54, 1.807) is 7.11 Å². The smallest absolute Gasteiger partial charge is 0.224 e. The maximum Gasteiger partial charge on any atom is 0.224 e. The van der Waals surface area contributed by atoms with Crippen molar-refractivity contribution in [2.45, 2.75) is 31.2 Å². The molecule has 0 saturated heterocycles. The number of aryl methyl sites for hydroxylation is 1. The van der Waals surface area contributed by atoms with E-state index < -0.39 is 0 Å². The van der Waals surface area contributed by atoms with Gasteiger partial charge in [0.25, 0.3) is 0 Å². The fourth-order valence-electron chi connectivity index (χ4n) is 3.75. The number of alkyl halides is 1. The van der Waals surface area contributed by atoms with Crippen molar-refractivity contribution in [1.82, 2.24) is 5.32 Å². The van der Waals surface area contributed by atoms with E-state index in [4.69, 9.17) is 4.74 Å². The summed E-state index contributed by atoms with van der Waals surface area (Å²) in [4.78, 5) is 12.6. The molecule has 0 spiro atoms. The number of benzene rings is 1. The third kappa shape index (κ3) is 3.02. The van der Waals surface area contributed by atoms with Crippen LogP contribution < -0.4 is 5.32 Å². The largest absolute Gasteiger partial charge is 0.383 e. The zero-order valence-corrected chi connectivity index (χ0v) is 13.9. The first-order valence-electron chi connectivity index (χ1n) is 7.69. The Balaban J connectivity index is 1.65. The summed E-state index contributed by atoms with van der Waals surface area (Å²) in [5.41, 5.74) is 2.83. The van der Waals surface area contributed by atoms with Gasteiger partial charge in [-0.3, -0.25) is 4.79 Å². The number of carbonyl (C=O) groups excluding carboxylic acids is 1. The normalized spacial score (nSPS) is 27.4. The second-order valence-electron chi connectivity index (χ2n) is 6.09. The number of ether oxygens (including phenoxy) is 1. The molecule has 1 amide bonds. The molecule has 1 N–H and O–H groups in total. The van der Waals surface area contributed by atoms with Gasteiger partial charge in [-0.2, -0.15) is 0 Å². The molecule has 1 aromatic carbocycles. The number of carbonyl (C=O) groups is 1. The molecule has 0 aromatic heterocycles. The molecule has 4 unspecified atom stereocenters. The molecule has 0 aliphatic heterocycles. The lowest BCUT2D eigenvalue weighted by Crippen LogP contribution is -2.39. The highest BCUT2D eigenvalue weighted by atomic mass is 79.9. The van der Waals surface area contributed by atoms with E-state index in [0.29, 0.717) is 18.4 Å². The van der Waals surface area contributed by atoms with Crippen molar-refractivity contribution in [3.8, 4) is 0 Å². The number of hydrogen-bond acceptors (Lipinski definition) is 2. The van der Waals surface area contributed by atoms with Crippen LogP contribution in [-0.2, 0) is 16.0 Å². The van der Waals surface area contributed by atoms with Crippen LogP contribution in [0.3, 0.4) is 0 Å². The Bertz CT molecular complexity index is 513. The lowest BCUT2D eigenvalue weighted by Gasteiger charge is -2.17. The molecule has 4 atom stereocenters. The van der Waals surface area contributed by atoms with Gasteiger partial charge in [0, 0.05) is 18.4 Å². The van der Waals surface area contributed by atoms with Gasteiger partial charge in [0.15, 0.2) is 0 Å². The van der Waals surface area contributed by atoms with Crippen LogP contribution in [0.25, 0.3) is 0 Å². The molecule has 2 aliphatic rings. The molecule has 2 aliphatic carbocycles. The van der Waals surface area contributed by atoms with Gasteiger partial charge >= 0.3 is 0 Å². The molecule has 3 nitrogen and oxygen atoms in total. The van der Waals surface area contributed by atoms with E-state index in [0.717, 1.165) is 24.6 Å². The van der Waals surface area contributed by atoms with Crippen molar-refractivity contribution < 1.29 is 9.53 Å². The van der Waals surface area contributed by atoms with Gasteiger partial charge in [-0.15, -0.1) is 0 Å². The summed E-state index contributed by atoms with van der Waals surface area (Å²) >= 11 is 3.44. The SMILES string of the molecule is COCC(CCBr)NC(=O)C1C2CCc3ccccc3C21. The Morgan fingerprint density at radius 3 is 3.05 bits per heavy atom. The van der Waals surface area contributed by atoms with Crippen LogP contribution in [0.5, 0.6) is 0 Å². The molecule has 4 heteroatoms. The number of rotatable bonds is 6. The second-order valence-corrected chi connectivity index (χ2v) is 6.88. The van der Waals surface area contributed by atoms with Crippen LogP contribution in [0, 0.1) is 11.8 Å². The van der Waals surface area contributed by atoms with Crippen molar-refractivity contribution >= 4 is 21.8 Å². The predicted molar refractivity (Wildman–Crippen MR) is 86.7 cm³/mol. The molecular weight excluding hydrogens is 330 g/mol. The van der Waals surface area contributed by atoms with Crippen molar-refractivity contribution in [2.24, 2.45) is 11.8 Å². The van der Waals surface area contributed by atoms with Crippen LogP contribution in [0.2, 0.25) is 0 Å². The van der Waals surface area contributed by atoms with E-state index >= 15 is 0 Å². The zero-order valence-electron chi connectivity index (χ0n) is 12.3. The van der Waals surface area contributed by atoms with Gasteiger partial charge in [0.05, 0.1) is 12.6 Å². The summed E-state index contributed by atoms with van der Waals surface area (Å²) in [7, 11) is 1.68. The van der Waals surface area contributed by atoms with E-state index in [1.165, 1.54) is 11.1 Å². The lowest BCUT2D eigenvalue weighted by atomic mass is 9.92. The third-order valence-electron chi connectivity index (χ3n) is 4.80.